The topological polar surface area (TPSA) is 27.0 Å². The molecule has 1 aromatic carbocycles. The van der Waals surface area contributed by atoms with Crippen LogP contribution in [0.3, 0.4) is 0 Å². The molecule has 0 bridgehead atoms. The fourth-order valence-corrected chi connectivity index (χ4v) is 1.70. The van der Waals surface area contributed by atoms with Crippen LogP contribution in [0.25, 0.3) is 17.0 Å². The van der Waals surface area contributed by atoms with Crippen molar-refractivity contribution >= 4 is 28.9 Å². The van der Waals surface area contributed by atoms with Gasteiger partial charge in [-0.25, -0.2) is 0 Å². The molecule has 1 aliphatic rings. The molecule has 2 heterocycles. The fourth-order valence-electron chi connectivity index (χ4n) is 1.70. The molecule has 0 fully saturated rings. The van der Waals surface area contributed by atoms with E-state index in [2.05, 4.69) is 28.2 Å². The van der Waals surface area contributed by atoms with Gasteiger partial charge in [-0.15, -0.1) is 0 Å². The molecule has 0 unspecified atom stereocenters. The smallest absolute Gasteiger partial charge is 0.255 e. The summed E-state index contributed by atoms with van der Waals surface area (Å²) in [5, 5.41) is 1.16. The number of fused-ring (bicyclic) bond motifs is 3. The molecule has 2 heteroatoms. The lowest BCUT2D eigenvalue weighted by Crippen LogP contribution is -1.93. The van der Waals surface area contributed by atoms with Gasteiger partial charge in [-0.2, -0.15) is 0 Å². The summed E-state index contributed by atoms with van der Waals surface area (Å²) >= 11 is 0. The Kier molecular flexibility index (Phi) is 1.47. The SMILES string of the molecule is C1=Cc2c(ccc3cccnc23)[N+]=C1. The number of hydrogen-bond acceptors (Lipinski definition) is 2. The molecule has 0 aliphatic carbocycles. The first-order valence-corrected chi connectivity index (χ1v) is 4.53. The van der Waals surface area contributed by atoms with E-state index in [9.17, 15) is 0 Å². The zero-order valence-corrected chi connectivity index (χ0v) is 7.51. The molecule has 0 spiro atoms. The number of hydrogen-bond donors (Lipinski definition) is 0. The Labute approximate surface area is 81.6 Å². The molecular formula is C12H8N2+. The van der Waals surface area contributed by atoms with Crippen LogP contribution in [0.1, 0.15) is 5.56 Å². The van der Waals surface area contributed by atoms with E-state index in [1.807, 2.05) is 24.4 Å². The zero-order valence-electron chi connectivity index (χ0n) is 7.51. The van der Waals surface area contributed by atoms with Gasteiger partial charge in [-0.1, -0.05) is 6.07 Å². The maximum Gasteiger partial charge on any atom is 0.286 e. The standard InChI is InChI=1S/C12H8N2/c1-3-9-5-6-11-10(4-2-7-13-11)12(9)14-8-1/h1-8H/q+1. The lowest BCUT2D eigenvalue weighted by atomic mass is 10.1. The normalized spacial score (nSPS) is 13.1. The van der Waals surface area contributed by atoms with E-state index in [1.165, 1.54) is 0 Å². The average Bonchev–Trinajstić information content (AvgIpc) is 2.29. The first-order chi connectivity index (χ1) is 6.95. The van der Waals surface area contributed by atoms with Crippen molar-refractivity contribution in [2.75, 3.05) is 0 Å². The van der Waals surface area contributed by atoms with Gasteiger partial charge in [0, 0.05) is 23.7 Å². The summed E-state index contributed by atoms with van der Waals surface area (Å²) < 4.78 is 0. The van der Waals surface area contributed by atoms with Gasteiger partial charge in [-0.3, -0.25) is 4.98 Å². The van der Waals surface area contributed by atoms with Crippen LogP contribution in [-0.2, 0) is 0 Å². The average molecular weight is 180 g/mol. The van der Waals surface area contributed by atoms with Crippen molar-refractivity contribution in [2.45, 2.75) is 0 Å². The molecular weight excluding hydrogens is 172 g/mol. The van der Waals surface area contributed by atoms with Gasteiger partial charge in [0.05, 0.1) is 16.1 Å². The molecule has 14 heavy (non-hydrogen) atoms. The Morgan fingerprint density at radius 2 is 2.14 bits per heavy atom. The molecule has 65 valence electrons. The Bertz CT molecular complexity index is 553. The summed E-state index contributed by atoms with van der Waals surface area (Å²) in [5.74, 6) is 0. The van der Waals surface area contributed by atoms with E-state index in [-0.39, 0.29) is 0 Å². The fraction of sp³-hybridized carbons (Fsp3) is 0. The molecule has 0 N–H and O–H groups in total. The third kappa shape index (κ3) is 0.973. The van der Waals surface area contributed by atoms with Crippen LogP contribution in [-0.4, -0.2) is 11.2 Å². The van der Waals surface area contributed by atoms with Gasteiger partial charge in [-0.05, 0) is 18.2 Å². The number of nitrogens with zero attached hydrogens (tertiary/aromatic N) is 2. The first-order valence-electron chi connectivity index (χ1n) is 4.53. The molecule has 1 aliphatic heterocycles. The summed E-state index contributed by atoms with van der Waals surface area (Å²) in [5.41, 5.74) is 3.14. The van der Waals surface area contributed by atoms with Crippen LogP contribution in [0.4, 0.5) is 5.69 Å². The highest BCUT2D eigenvalue weighted by Crippen LogP contribution is 2.26. The number of benzene rings is 1. The summed E-state index contributed by atoms with van der Waals surface area (Å²) in [6, 6.07) is 8.09. The van der Waals surface area contributed by atoms with E-state index < -0.39 is 0 Å². The minimum atomic E-state index is 0.999. The van der Waals surface area contributed by atoms with E-state index in [4.69, 9.17) is 0 Å². The highest BCUT2D eigenvalue weighted by atomic mass is 14.7. The summed E-state index contributed by atoms with van der Waals surface area (Å²) in [7, 11) is 0. The maximum absolute atomic E-state index is 4.37. The molecule has 0 saturated heterocycles. The monoisotopic (exact) mass is 180 g/mol. The predicted molar refractivity (Wildman–Crippen MR) is 58.6 cm³/mol. The summed E-state index contributed by atoms with van der Waals surface area (Å²) in [6.45, 7) is 0. The highest BCUT2D eigenvalue weighted by Gasteiger charge is 2.14. The Hall–Kier alpha value is -1.96. The largest absolute Gasteiger partial charge is 0.286 e. The minimum Gasteiger partial charge on any atom is -0.255 e. The van der Waals surface area contributed by atoms with Gasteiger partial charge in [0.15, 0.2) is 0 Å². The molecule has 0 atom stereocenters. The summed E-state index contributed by atoms with van der Waals surface area (Å²) in [4.78, 5) is 8.66. The van der Waals surface area contributed by atoms with Crippen LogP contribution in [0.5, 0.6) is 0 Å². The van der Waals surface area contributed by atoms with Crippen molar-refractivity contribution in [1.82, 2.24) is 9.98 Å². The van der Waals surface area contributed by atoms with Crippen molar-refractivity contribution in [2.24, 2.45) is 0 Å². The van der Waals surface area contributed by atoms with E-state index in [0.29, 0.717) is 0 Å². The van der Waals surface area contributed by atoms with E-state index in [1.54, 1.807) is 6.21 Å². The Morgan fingerprint density at radius 1 is 1.14 bits per heavy atom. The van der Waals surface area contributed by atoms with Crippen LogP contribution >= 0.6 is 0 Å². The van der Waals surface area contributed by atoms with E-state index >= 15 is 0 Å². The Balaban J connectivity index is 2.47. The first kappa shape index (κ1) is 7.44. The number of aliphatic imine (C=N–C) groups is 1. The number of pyridine rings is 1. The van der Waals surface area contributed by atoms with Crippen LogP contribution in [0, 0.1) is 0 Å². The molecule has 0 saturated carbocycles. The molecule has 2 aromatic rings. The summed E-state index contributed by atoms with van der Waals surface area (Å²) in [6.07, 6.45) is 7.61. The predicted octanol–water partition coefficient (Wildman–Crippen LogP) is 2.30. The maximum atomic E-state index is 4.37. The molecule has 2 nitrogen and oxygen atoms in total. The number of aromatic nitrogens is 1. The molecule has 3 rings (SSSR count). The molecule has 1 aromatic heterocycles. The lowest BCUT2D eigenvalue weighted by Gasteiger charge is -2.00. The van der Waals surface area contributed by atoms with Crippen molar-refractivity contribution < 1.29 is 0 Å². The number of allylic oxidation sites excluding steroid dienone is 1. The van der Waals surface area contributed by atoms with Crippen molar-refractivity contribution in [3.63, 3.8) is 0 Å². The van der Waals surface area contributed by atoms with Crippen LogP contribution in [0.2, 0.25) is 0 Å². The third-order valence-electron chi connectivity index (χ3n) is 2.35. The van der Waals surface area contributed by atoms with Crippen molar-refractivity contribution in [3.8, 4) is 0 Å². The second kappa shape index (κ2) is 2.77. The zero-order chi connectivity index (χ0) is 9.38. The van der Waals surface area contributed by atoms with E-state index in [0.717, 1.165) is 22.2 Å². The third-order valence-corrected chi connectivity index (χ3v) is 2.35. The number of rotatable bonds is 0. The molecule has 1 radical (unpaired) electrons. The Morgan fingerprint density at radius 3 is 3.14 bits per heavy atom. The van der Waals surface area contributed by atoms with Crippen LogP contribution < -0.4 is 4.99 Å². The molecule has 0 amide bonds. The van der Waals surface area contributed by atoms with Gasteiger partial charge in [0.1, 0.15) is 0 Å². The quantitative estimate of drug-likeness (QED) is 0.611. The second-order valence-corrected chi connectivity index (χ2v) is 3.21. The van der Waals surface area contributed by atoms with Gasteiger partial charge in [0.25, 0.3) is 5.69 Å². The van der Waals surface area contributed by atoms with Gasteiger partial charge in [0.2, 0.25) is 6.21 Å². The lowest BCUT2D eigenvalue weighted by molar-refractivity contribution is 1.35. The van der Waals surface area contributed by atoms with Crippen LogP contribution in [0.15, 0.2) is 36.5 Å². The van der Waals surface area contributed by atoms with Gasteiger partial charge < -0.3 is 0 Å². The second-order valence-electron chi connectivity index (χ2n) is 3.21. The van der Waals surface area contributed by atoms with Crippen molar-refractivity contribution in [1.29, 1.82) is 0 Å². The van der Waals surface area contributed by atoms with Gasteiger partial charge >= 0.3 is 0 Å². The minimum absolute atomic E-state index is 0.999. The van der Waals surface area contributed by atoms with Crippen molar-refractivity contribution in [3.05, 3.63) is 42.1 Å². The highest BCUT2D eigenvalue weighted by molar-refractivity contribution is 5.97.